The number of hydrogen-bond acceptors (Lipinski definition) is 2. The number of benzene rings is 1. The summed E-state index contributed by atoms with van der Waals surface area (Å²) in [5.74, 6) is 1.09. The van der Waals surface area contributed by atoms with Crippen molar-refractivity contribution in [3.8, 4) is 5.75 Å². The van der Waals surface area contributed by atoms with Gasteiger partial charge in [-0.1, -0.05) is 25.0 Å². The number of aryl methyl sites for hydroxylation is 1. The van der Waals surface area contributed by atoms with Crippen molar-refractivity contribution in [2.75, 3.05) is 20.2 Å². The second-order valence-electron chi connectivity index (χ2n) is 5.94. The van der Waals surface area contributed by atoms with E-state index < -0.39 is 0 Å². The van der Waals surface area contributed by atoms with E-state index in [1.807, 2.05) is 0 Å². The van der Waals surface area contributed by atoms with Crippen LogP contribution in [0.25, 0.3) is 0 Å². The van der Waals surface area contributed by atoms with Crippen molar-refractivity contribution in [2.24, 2.45) is 0 Å². The maximum absolute atomic E-state index is 5.55. The molecule has 1 unspecified atom stereocenters. The predicted octanol–water partition coefficient (Wildman–Crippen LogP) is 3.43. The quantitative estimate of drug-likeness (QED) is 0.807. The van der Waals surface area contributed by atoms with Crippen LogP contribution in [0.4, 0.5) is 0 Å². The molecule has 0 N–H and O–H groups in total. The molecule has 0 radical (unpaired) electrons. The van der Waals surface area contributed by atoms with E-state index in [0.717, 1.165) is 11.8 Å². The third kappa shape index (κ3) is 2.79. The second-order valence-corrected chi connectivity index (χ2v) is 5.94. The molecule has 3 rings (SSSR count). The molecule has 104 valence electrons. The fraction of sp³-hybridized carbons (Fsp3) is 0.647. The molecule has 1 atom stereocenters. The number of nitrogens with zero attached hydrogens (tertiary/aromatic N) is 1. The van der Waals surface area contributed by atoms with E-state index in [1.54, 1.807) is 7.11 Å². The van der Waals surface area contributed by atoms with Gasteiger partial charge in [-0.25, -0.2) is 0 Å². The van der Waals surface area contributed by atoms with Crippen molar-refractivity contribution in [3.05, 3.63) is 29.3 Å². The topological polar surface area (TPSA) is 12.5 Å². The Morgan fingerprint density at radius 1 is 1.11 bits per heavy atom. The molecule has 0 spiro atoms. The van der Waals surface area contributed by atoms with Gasteiger partial charge in [0.1, 0.15) is 5.75 Å². The van der Waals surface area contributed by atoms with Crippen molar-refractivity contribution in [2.45, 2.75) is 51.0 Å². The zero-order valence-electron chi connectivity index (χ0n) is 12.0. The minimum Gasteiger partial charge on any atom is -0.496 e. The van der Waals surface area contributed by atoms with Crippen LogP contribution in [0.15, 0.2) is 18.2 Å². The number of hydrogen-bond donors (Lipinski definition) is 0. The van der Waals surface area contributed by atoms with Crippen molar-refractivity contribution < 1.29 is 4.74 Å². The van der Waals surface area contributed by atoms with Crippen LogP contribution >= 0.6 is 0 Å². The summed E-state index contributed by atoms with van der Waals surface area (Å²) in [6.07, 6.45) is 9.32. The molecule has 1 fully saturated rings. The molecule has 2 aliphatic rings. The second kappa shape index (κ2) is 5.96. The number of methoxy groups -OCH3 is 1. The third-order valence-corrected chi connectivity index (χ3v) is 4.79. The van der Waals surface area contributed by atoms with Crippen LogP contribution in [0.3, 0.4) is 0 Å². The van der Waals surface area contributed by atoms with Gasteiger partial charge in [0, 0.05) is 6.04 Å². The summed E-state index contributed by atoms with van der Waals surface area (Å²) < 4.78 is 5.55. The van der Waals surface area contributed by atoms with Gasteiger partial charge in [-0.2, -0.15) is 0 Å². The average Bonchev–Trinajstić information content (AvgIpc) is 2.75. The Bertz CT molecular complexity index is 407. The molecular weight excluding hydrogens is 234 g/mol. The number of likely N-dealkylation sites (tertiary alicyclic amines) is 1. The van der Waals surface area contributed by atoms with E-state index in [1.165, 1.54) is 69.2 Å². The van der Waals surface area contributed by atoms with Gasteiger partial charge in [0.15, 0.2) is 0 Å². The van der Waals surface area contributed by atoms with E-state index >= 15 is 0 Å². The van der Waals surface area contributed by atoms with Gasteiger partial charge in [0.2, 0.25) is 0 Å². The summed E-state index contributed by atoms with van der Waals surface area (Å²) in [5, 5.41) is 0. The Balaban J connectivity index is 1.77. The van der Waals surface area contributed by atoms with E-state index in [-0.39, 0.29) is 0 Å². The monoisotopic (exact) mass is 259 g/mol. The first-order chi connectivity index (χ1) is 9.38. The van der Waals surface area contributed by atoms with Gasteiger partial charge >= 0.3 is 0 Å². The molecule has 0 amide bonds. The molecule has 2 heteroatoms. The summed E-state index contributed by atoms with van der Waals surface area (Å²) in [6, 6.07) is 7.26. The molecule has 0 aromatic heterocycles. The summed E-state index contributed by atoms with van der Waals surface area (Å²) >= 11 is 0. The number of ether oxygens (including phenoxy) is 1. The lowest BCUT2D eigenvalue weighted by molar-refractivity contribution is 0.185. The van der Waals surface area contributed by atoms with Gasteiger partial charge in [-0.3, -0.25) is 0 Å². The Morgan fingerprint density at radius 2 is 1.89 bits per heavy atom. The standard InChI is InChI=1S/C17H25NO/c1-19-17-8-6-7-14-9-10-15(13-16(14)17)18-11-4-2-3-5-12-18/h6-8,15H,2-5,9-13H2,1H3. The zero-order chi connectivity index (χ0) is 13.1. The number of rotatable bonds is 2. The number of fused-ring (bicyclic) bond motifs is 1. The smallest absolute Gasteiger partial charge is 0.122 e. The minimum atomic E-state index is 0.738. The fourth-order valence-electron chi connectivity index (χ4n) is 3.70. The zero-order valence-corrected chi connectivity index (χ0v) is 12.0. The molecule has 1 heterocycles. The lowest BCUT2D eigenvalue weighted by Crippen LogP contribution is -2.40. The summed E-state index contributed by atoms with van der Waals surface area (Å²) in [6.45, 7) is 2.60. The van der Waals surface area contributed by atoms with E-state index in [9.17, 15) is 0 Å². The summed E-state index contributed by atoms with van der Waals surface area (Å²) in [5.41, 5.74) is 2.97. The van der Waals surface area contributed by atoms with Gasteiger partial charge < -0.3 is 9.64 Å². The Labute approximate surface area is 116 Å². The molecule has 0 bridgehead atoms. The average molecular weight is 259 g/mol. The lowest BCUT2D eigenvalue weighted by Gasteiger charge is -2.35. The van der Waals surface area contributed by atoms with E-state index in [2.05, 4.69) is 23.1 Å². The van der Waals surface area contributed by atoms with E-state index in [0.29, 0.717) is 0 Å². The van der Waals surface area contributed by atoms with Crippen molar-refractivity contribution >= 4 is 0 Å². The van der Waals surface area contributed by atoms with Crippen LogP contribution in [0.1, 0.15) is 43.2 Å². The van der Waals surface area contributed by atoms with Crippen LogP contribution in [0.2, 0.25) is 0 Å². The molecule has 1 aliphatic heterocycles. The Morgan fingerprint density at radius 3 is 2.63 bits per heavy atom. The molecule has 0 saturated carbocycles. The van der Waals surface area contributed by atoms with E-state index in [4.69, 9.17) is 4.74 Å². The molecule has 2 nitrogen and oxygen atoms in total. The maximum atomic E-state index is 5.55. The first kappa shape index (κ1) is 13.0. The maximum Gasteiger partial charge on any atom is 0.122 e. The minimum absolute atomic E-state index is 0.738. The van der Waals surface area contributed by atoms with Crippen molar-refractivity contribution in [1.29, 1.82) is 0 Å². The largest absolute Gasteiger partial charge is 0.496 e. The normalized spacial score (nSPS) is 24.6. The third-order valence-electron chi connectivity index (χ3n) is 4.79. The van der Waals surface area contributed by atoms with Gasteiger partial charge in [-0.15, -0.1) is 0 Å². The molecule has 1 aliphatic carbocycles. The lowest BCUT2D eigenvalue weighted by atomic mass is 9.86. The SMILES string of the molecule is COc1cccc2c1CC(N1CCCCCC1)CC2. The highest BCUT2D eigenvalue weighted by Crippen LogP contribution is 2.32. The Hall–Kier alpha value is -1.02. The molecule has 19 heavy (non-hydrogen) atoms. The first-order valence-electron chi connectivity index (χ1n) is 7.77. The molecular formula is C17H25NO. The molecule has 1 aromatic rings. The summed E-state index contributed by atoms with van der Waals surface area (Å²) in [7, 11) is 1.80. The van der Waals surface area contributed by atoms with Gasteiger partial charge in [-0.05, 0) is 62.4 Å². The van der Waals surface area contributed by atoms with Crippen LogP contribution in [-0.4, -0.2) is 31.1 Å². The Kier molecular flexibility index (Phi) is 4.07. The van der Waals surface area contributed by atoms with Crippen LogP contribution in [0.5, 0.6) is 5.75 Å². The molecule has 1 saturated heterocycles. The van der Waals surface area contributed by atoms with Crippen molar-refractivity contribution in [1.82, 2.24) is 4.90 Å². The fourth-order valence-corrected chi connectivity index (χ4v) is 3.70. The molecule has 1 aromatic carbocycles. The highest BCUT2D eigenvalue weighted by Gasteiger charge is 2.26. The van der Waals surface area contributed by atoms with Crippen LogP contribution in [0, 0.1) is 0 Å². The van der Waals surface area contributed by atoms with Crippen molar-refractivity contribution in [3.63, 3.8) is 0 Å². The van der Waals surface area contributed by atoms with Gasteiger partial charge in [0.25, 0.3) is 0 Å². The predicted molar refractivity (Wildman–Crippen MR) is 78.8 cm³/mol. The van der Waals surface area contributed by atoms with Gasteiger partial charge in [0.05, 0.1) is 7.11 Å². The highest BCUT2D eigenvalue weighted by molar-refractivity contribution is 5.42. The first-order valence-corrected chi connectivity index (χ1v) is 7.77. The van der Waals surface area contributed by atoms with Crippen LogP contribution < -0.4 is 4.74 Å². The van der Waals surface area contributed by atoms with Crippen LogP contribution in [-0.2, 0) is 12.8 Å². The highest BCUT2D eigenvalue weighted by atomic mass is 16.5. The summed E-state index contributed by atoms with van der Waals surface area (Å²) in [4.78, 5) is 2.74.